The van der Waals surface area contributed by atoms with Crippen LogP contribution in [-0.2, 0) is 11.3 Å². The van der Waals surface area contributed by atoms with Crippen LogP contribution in [0.15, 0.2) is 30.6 Å². The van der Waals surface area contributed by atoms with Crippen LogP contribution in [0.3, 0.4) is 0 Å². The van der Waals surface area contributed by atoms with Gasteiger partial charge in [-0.1, -0.05) is 17.7 Å². The highest BCUT2D eigenvalue weighted by atomic mass is 35.5. The van der Waals surface area contributed by atoms with E-state index in [4.69, 9.17) is 16.3 Å². The average molecular weight is 292 g/mol. The maximum atomic E-state index is 10.9. The van der Waals surface area contributed by atoms with Gasteiger partial charge in [0, 0.05) is 31.3 Å². The lowest BCUT2D eigenvalue weighted by Crippen LogP contribution is -2.18. The van der Waals surface area contributed by atoms with Crippen LogP contribution >= 0.6 is 11.6 Å². The molecule has 0 saturated heterocycles. The summed E-state index contributed by atoms with van der Waals surface area (Å²) < 4.78 is 5.07. The van der Waals surface area contributed by atoms with Gasteiger partial charge in [0.1, 0.15) is 0 Å². The van der Waals surface area contributed by atoms with Crippen molar-refractivity contribution in [2.24, 2.45) is 0 Å². The molecular weight excluding hydrogens is 278 g/mol. The fourth-order valence-corrected chi connectivity index (χ4v) is 1.84. The fourth-order valence-electron chi connectivity index (χ4n) is 1.64. The minimum atomic E-state index is -0.0732. The number of amides is 1. The summed E-state index contributed by atoms with van der Waals surface area (Å²) in [4.78, 5) is 19.2. The van der Waals surface area contributed by atoms with E-state index in [2.05, 4.69) is 15.3 Å². The highest BCUT2D eigenvalue weighted by Crippen LogP contribution is 2.28. The number of halogens is 1. The molecule has 6 heteroatoms. The number of pyridine rings is 2. The lowest BCUT2D eigenvalue weighted by Gasteiger charge is -2.07. The second kappa shape index (κ2) is 6.34. The first kappa shape index (κ1) is 14.3. The summed E-state index contributed by atoms with van der Waals surface area (Å²) in [6.45, 7) is 1.93. The summed E-state index contributed by atoms with van der Waals surface area (Å²) in [5, 5.41) is 3.22. The van der Waals surface area contributed by atoms with Gasteiger partial charge in [0.25, 0.3) is 0 Å². The predicted octanol–water partition coefficient (Wildman–Crippen LogP) is 2.44. The van der Waals surface area contributed by atoms with Crippen LogP contribution < -0.4 is 10.1 Å². The average Bonchev–Trinajstić information content (AvgIpc) is 2.46. The van der Waals surface area contributed by atoms with E-state index in [1.807, 2.05) is 12.1 Å². The molecule has 20 heavy (non-hydrogen) atoms. The predicted molar refractivity (Wildman–Crippen MR) is 76.6 cm³/mol. The molecule has 0 atom stereocenters. The number of methoxy groups -OCH3 is 1. The van der Waals surface area contributed by atoms with E-state index >= 15 is 0 Å². The monoisotopic (exact) mass is 291 g/mol. The third-order valence-corrected chi connectivity index (χ3v) is 2.98. The Bertz CT molecular complexity index is 614. The van der Waals surface area contributed by atoms with Gasteiger partial charge in [0.15, 0.2) is 0 Å². The topological polar surface area (TPSA) is 64.1 Å². The molecule has 2 aromatic rings. The van der Waals surface area contributed by atoms with Gasteiger partial charge in [-0.25, -0.2) is 4.98 Å². The molecule has 5 nitrogen and oxygen atoms in total. The number of hydrogen-bond acceptors (Lipinski definition) is 4. The van der Waals surface area contributed by atoms with Gasteiger partial charge >= 0.3 is 0 Å². The number of ether oxygens (including phenoxy) is 1. The van der Waals surface area contributed by atoms with Crippen LogP contribution in [0, 0.1) is 0 Å². The second-order valence-corrected chi connectivity index (χ2v) is 4.58. The van der Waals surface area contributed by atoms with E-state index in [0.717, 1.165) is 16.8 Å². The van der Waals surface area contributed by atoms with Gasteiger partial charge < -0.3 is 10.1 Å². The Morgan fingerprint density at radius 2 is 2.15 bits per heavy atom. The highest BCUT2D eigenvalue weighted by Gasteiger charge is 2.08. The van der Waals surface area contributed by atoms with E-state index in [-0.39, 0.29) is 5.91 Å². The second-order valence-electron chi connectivity index (χ2n) is 4.17. The van der Waals surface area contributed by atoms with Crippen LogP contribution in [-0.4, -0.2) is 23.0 Å². The van der Waals surface area contributed by atoms with Crippen LogP contribution in [0.25, 0.3) is 11.3 Å². The molecule has 2 rings (SSSR count). The molecule has 2 aromatic heterocycles. The lowest BCUT2D eigenvalue weighted by atomic mass is 10.1. The van der Waals surface area contributed by atoms with Gasteiger partial charge in [-0.3, -0.25) is 9.78 Å². The van der Waals surface area contributed by atoms with Crippen molar-refractivity contribution in [3.05, 3.63) is 41.2 Å². The quantitative estimate of drug-likeness (QED) is 0.940. The zero-order valence-corrected chi connectivity index (χ0v) is 11.9. The Labute approximate surface area is 122 Å². The van der Waals surface area contributed by atoms with Gasteiger partial charge in [0.05, 0.1) is 24.0 Å². The first-order valence-electron chi connectivity index (χ1n) is 5.99. The van der Waals surface area contributed by atoms with E-state index in [9.17, 15) is 4.79 Å². The van der Waals surface area contributed by atoms with E-state index in [0.29, 0.717) is 17.4 Å². The molecule has 1 amide bonds. The Morgan fingerprint density at radius 1 is 1.35 bits per heavy atom. The molecule has 0 spiro atoms. The van der Waals surface area contributed by atoms with E-state index < -0.39 is 0 Å². The molecule has 2 heterocycles. The largest absolute Gasteiger partial charge is 0.481 e. The van der Waals surface area contributed by atoms with Crippen LogP contribution in [0.5, 0.6) is 5.88 Å². The van der Waals surface area contributed by atoms with Crippen molar-refractivity contribution in [2.45, 2.75) is 13.5 Å². The Kier molecular flexibility index (Phi) is 4.53. The molecule has 0 unspecified atom stereocenters. The number of carbonyl (C=O) groups excluding carboxylic acids is 1. The van der Waals surface area contributed by atoms with E-state index in [1.165, 1.54) is 13.1 Å². The molecule has 0 radical (unpaired) electrons. The number of nitrogens with one attached hydrogen (secondary N) is 1. The molecule has 0 bridgehead atoms. The Hall–Kier alpha value is -2.14. The normalized spacial score (nSPS) is 10.2. The maximum absolute atomic E-state index is 10.9. The number of aromatic nitrogens is 2. The zero-order valence-electron chi connectivity index (χ0n) is 11.2. The van der Waals surface area contributed by atoms with Crippen molar-refractivity contribution in [3.8, 4) is 17.1 Å². The third kappa shape index (κ3) is 3.45. The van der Waals surface area contributed by atoms with Crippen molar-refractivity contribution in [1.29, 1.82) is 0 Å². The summed E-state index contributed by atoms with van der Waals surface area (Å²) >= 11 is 6.12. The van der Waals surface area contributed by atoms with E-state index in [1.54, 1.807) is 19.4 Å². The summed E-state index contributed by atoms with van der Waals surface area (Å²) in [6, 6.07) is 5.47. The molecule has 0 aliphatic rings. The summed E-state index contributed by atoms with van der Waals surface area (Å²) in [5.41, 5.74) is 2.40. The van der Waals surface area contributed by atoms with Crippen LogP contribution in [0.1, 0.15) is 12.5 Å². The lowest BCUT2D eigenvalue weighted by molar-refractivity contribution is -0.119. The van der Waals surface area contributed by atoms with Crippen LogP contribution in [0.2, 0.25) is 5.02 Å². The molecule has 0 fully saturated rings. The van der Waals surface area contributed by atoms with Gasteiger partial charge in [-0.05, 0) is 11.6 Å². The third-order valence-electron chi connectivity index (χ3n) is 2.68. The minimum Gasteiger partial charge on any atom is -0.481 e. The van der Waals surface area contributed by atoms with Crippen molar-refractivity contribution in [3.63, 3.8) is 0 Å². The first-order valence-corrected chi connectivity index (χ1v) is 6.37. The number of nitrogens with zero attached hydrogens (tertiary/aromatic N) is 2. The summed E-state index contributed by atoms with van der Waals surface area (Å²) in [5.74, 6) is 0.407. The van der Waals surface area contributed by atoms with Crippen molar-refractivity contribution in [2.75, 3.05) is 7.11 Å². The molecule has 0 aliphatic carbocycles. The van der Waals surface area contributed by atoms with Gasteiger partial charge in [0.2, 0.25) is 11.8 Å². The standard InChI is InChI=1S/C14H14ClN3O2/c1-9(19)16-6-10-3-4-13(17-7-10)11-5-14(20-2)18-8-12(11)15/h3-5,7-8H,6H2,1-2H3,(H,16,19). The number of rotatable bonds is 4. The van der Waals surface area contributed by atoms with Crippen molar-refractivity contribution in [1.82, 2.24) is 15.3 Å². The Morgan fingerprint density at radius 3 is 2.75 bits per heavy atom. The first-order chi connectivity index (χ1) is 9.60. The minimum absolute atomic E-state index is 0.0732. The molecule has 104 valence electrons. The smallest absolute Gasteiger partial charge is 0.217 e. The zero-order chi connectivity index (χ0) is 14.5. The molecule has 1 N–H and O–H groups in total. The summed E-state index contributed by atoms with van der Waals surface area (Å²) in [7, 11) is 1.55. The highest BCUT2D eigenvalue weighted by molar-refractivity contribution is 6.33. The number of carbonyl (C=O) groups is 1. The van der Waals surface area contributed by atoms with Gasteiger partial charge in [-0.15, -0.1) is 0 Å². The van der Waals surface area contributed by atoms with Crippen molar-refractivity contribution >= 4 is 17.5 Å². The maximum Gasteiger partial charge on any atom is 0.217 e. The fraction of sp³-hybridized carbons (Fsp3) is 0.214. The molecular formula is C14H14ClN3O2. The summed E-state index contributed by atoms with van der Waals surface area (Å²) in [6.07, 6.45) is 3.23. The number of hydrogen-bond donors (Lipinski definition) is 1. The molecule has 0 aromatic carbocycles. The molecule has 0 saturated carbocycles. The molecule has 0 aliphatic heterocycles. The van der Waals surface area contributed by atoms with Crippen LogP contribution in [0.4, 0.5) is 0 Å². The van der Waals surface area contributed by atoms with Crippen molar-refractivity contribution < 1.29 is 9.53 Å². The Balaban J connectivity index is 2.23. The van der Waals surface area contributed by atoms with Gasteiger partial charge in [-0.2, -0.15) is 0 Å². The SMILES string of the molecule is COc1cc(-c2ccc(CNC(C)=O)cn2)c(Cl)cn1.